The number of Topliss-reactive ketones (excluding diaryl/α,β-unsaturated/α-hetero) is 3. The molecule has 1 aliphatic carbocycles. The Kier molecular flexibility index (Phi) is 5.36. The molecule has 29 heavy (non-hydrogen) atoms. The highest BCUT2D eigenvalue weighted by Crippen LogP contribution is 2.49. The minimum atomic E-state index is -1.56. The molecule has 5 heteroatoms. The molecule has 0 radical (unpaired) electrons. The van der Waals surface area contributed by atoms with Crippen LogP contribution in [-0.4, -0.2) is 26.5 Å². The predicted octanol–water partition coefficient (Wildman–Crippen LogP) is 5.63. The lowest BCUT2D eigenvalue weighted by Crippen LogP contribution is -2.46. The molecule has 0 saturated heterocycles. The molecule has 0 amide bonds. The zero-order chi connectivity index (χ0) is 20.6. The van der Waals surface area contributed by atoms with E-state index in [2.05, 4.69) is 31.9 Å². The molecular weight excluding hydrogens is 496 g/mol. The maximum Gasteiger partial charge on any atom is 0.188 e. The Hall–Kier alpha value is -2.37. The van der Waals surface area contributed by atoms with Gasteiger partial charge in [0, 0.05) is 22.6 Å². The number of benzene rings is 3. The third-order valence-electron chi connectivity index (χ3n) is 5.27. The molecular formula is C24H16Br2O3. The maximum atomic E-state index is 13.4. The topological polar surface area (TPSA) is 51.2 Å². The molecule has 0 unspecified atom stereocenters. The smallest absolute Gasteiger partial charge is 0.188 e. The largest absolute Gasteiger partial charge is 0.293 e. The highest BCUT2D eigenvalue weighted by molar-refractivity contribution is 9.11. The fraction of sp³-hybridized carbons (Fsp3) is 0.125. The number of rotatable bonds is 5. The third kappa shape index (κ3) is 3.22. The molecule has 0 aromatic heterocycles. The van der Waals surface area contributed by atoms with E-state index in [1.165, 1.54) is 0 Å². The number of carbonyl (C=O) groups excluding carboxylic acids is 3. The van der Waals surface area contributed by atoms with Gasteiger partial charge in [0.15, 0.2) is 21.7 Å². The van der Waals surface area contributed by atoms with E-state index in [4.69, 9.17) is 0 Å². The molecule has 0 bridgehead atoms. The van der Waals surface area contributed by atoms with Crippen molar-refractivity contribution in [2.75, 3.05) is 0 Å². The molecule has 3 aromatic carbocycles. The van der Waals surface area contributed by atoms with Crippen LogP contribution in [0.3, 0.4) is 0 Å². The monoisotopic (exact) mass is 510 g/mol. The summed E-state index contributed by atoms with van der Waals surface area (Å²) in [6, 6.07) is 24.9. The van der Waals surface area contributed by atoms with E-state index in [-0.39, 0.29) is 17.3 Å². The van der Waals surface area contributed by atoms with Crippen LogP contribution in [-0.2, 0) is 0 Å². The molecule has 0 N–H and O–H groups in total. The lowest BCUT2D eigenvalue weighted by atomic mass is 9.78. The summed E-state index contributed by atoms with van der Waals surface area (Å²) in [7, 11) is 0. The fourth-order valence-corrected chi connectivity index (χ4v) is 6.11. The number of fused-ring (bicyclic) bond motifs is 1. The van der Waals surface area contributed by atoms with Crippen LogP contribution in [0.5, 0.6) is 0 Å². The first-order chi connectivity index (χ1) is 14.0. The Morgan fingerprint density at radius 3 is 1.69 bits per heavy atom. The Morgan fingerprint density at radius 2 is 1.17 bits per heavy atom. The number of alkyl halides is 2. The van der Waals surface area contributed by atoms with Crippen molar-refractivity contribution < 1.29 is 14.4 Å². The van der Waals surface area contributed by atoms with Gasteiger partial charge in [-0.2, -0.15) is 0 Å². The van der Waals surface area contributed by atoms with Crippen molar-refractivity contribution in [2.24, 2.45) is 0 Å². The molecule has 144 valence electrons. The van der Waals surface area contributed by atoms with Crippen molar-refractivity contribution in [1.29, 1.82) is 0 Å². The van der Waals surface area contributed by atoms with Crippen LogP contribution < -0.4 is 0 Å². The van der Waals surface area contributed by atoms with Gasteiger partial charge >= 0.3 is 0 Å². The van der Waals surface area contributed by atoms with Crippen molar-refractivity contribution in [3.8, 4) is 0 Å². The quantitative estimate of drug-likeness (QED) is 0.253. The van der Waals surface area contributed by atoms with Gasteiger partial charge in [0.25, 0.3) is 0 Å². The minimum absolute atomic E-state index is 0.185. The Bertz CT molecular complexity index is 1060. The molecule has 0 aliphatic heterocycles. The fourth-order valence-electron chi connectivity index (χ4n) is 3.83. The van der Waals surface area contributed by atoms with Crippen molar-refractivity contribution in [1.82, 2.24) is 0 Å². The average Bonchev–Trinajstić information content (AvgIpc) is 2.96. The van der Waals surface area contributed by atoms with Crippen LogP contribution in [0.15, 0.2) is 84.9 Å². The van der Waals surface area contributed by atoms with Gasteiger partial charge in [-0.05, 0) is 5.56 Å². The summed E-state index contributed by atoms with van der Waals surface area (Å²) in [5.74, 6) is -1.56. The van der Waals surface area contributed by atoms with Gasteiger partial charge in [-0.3, -0.25) is 14.4 Å². The predicted molar refractivity (Wildman–Crippen MR) is 119 cm³/mol. The van der Waals surface area contributed by atoms with Crippen molar-refractivity contribution in [3.63, 3.8) is 0 Å². The molecule has 1 aliphatic rings. The van der Waals surface area contributed by atoms with E-state index < -0.39 is 15.1 Å². The first-order valence-electron chi connectivity index (χ1n) is 9.12. The van der Waals surface area contributed by atoms with E-state index >= 15 is 0 Å². The van der Waals surface area contributed by atoms with Gasteiger partial charge in [0.1, 0.15) is 0 Å². The van der Waals surface area contributed by atoms with Crippen LogP contribution >= 0.6 is 31.9 Å². The highest BCUT2D eigenvalue weighted by atomic mass is 79.9. The SMILES string of the molecule is O=C(c1ccccc1)[C@H](Br)[C@H](c1ccccc1)C1(Br)C(=O)c2ccccc2C1=O. The molecule has 3 nitrogen and oxygen atoms in total. The molecule has 3 aromatic rings. The van der Waals surface area contributed by atoms with Gasteiger partial charge in [0.05, 0.1) is 4.83 Å². The molecule has 0 spiro atoms. The average molecular weight is 512 g/mol. The summed E-state index contributed by atoms with van der Waals surface area (Å²) < 4.78 is -1.56. The van der Waals surface area contributed by atoms with Crippen molar-refractivity contribution >= 4 is 49.2 Å². The number of hydrogen-bond acceptors (Lipinski definition) is 3. The lowest BCUT2D eigenvalue weighted by molar-refractivity contribution is 0.0844. The first-order valence-corrected chi connectivity index (χ1v) is 10.8. The summed E-state index contributed by atoms with van der Waals surface area (Å²) in [4.78, 5) is 39.3. The number of halogens is 2. The van der Waals surface area contributed by atoms with Gasteiger partial charge in [-0.1, -0.05) is 117 Å². The van der Waals surface area contributed by atoms with Crippen LogP contribution in [0.4, 0.5) is 0 Å². The lowest BCUT2D eigenvalue weighted by Gasteiger charge is -2.33. The number of ketones is 3. The zero-order valence-corrected chi connectivity index (χ0v) is 18.4. The summed E-state index contributed by atoms with van der Waals surface area (Å²) in [6.07, 6.45) is 0. The molecule has 0 fully saturated rings. The van der Waals surface area contributed by atoms with Gasteiger partial charge < -0.3 is 0 Å². The first kappa shape index (κ1) is 19.9. The van der Waals surface area contributed by atoms with Crippen molar-refractivity contribution in [2.45, 2.75) is 15.1 Å². The van der Waals surface area contributed by atoms with Crippen LogP contribution in [0.1, 0.15) is 42.6 Å². The van der Waals surface area contributed by atoms with Gasteiger partial charge in [-0.15, -0.1) is 0 Å². The minimum Gasteiger partial charge on any atom is -0.293 e. The summed E-state index contributed by atoms with van der Waals surface area (Å²) in [5.41, 5.74) is 2.00. The standard InChI is InChI=1S/C24H16Br2O3/c25-20(21(27)16-11-5-2-6-12-16)19(15-9-3-1-4-10-15)24(26)22(28)17-13-7-8-14-18(17)23(24)29/h1-14,19-20H/t19-,20+/m0/s1. The zero-order valence-electron chi connectivity index (χ0n) is 15.2. The Balaban J connectivity index is 1.86. The van der Waals surface area contributed by atoms with Crippen LogP contribution in [0.2, 0.25) is 0 Å². The second kappa shape index (κ2) is 7.81. The maximum absolute atomic E-state index is 13.4. The van der Waals surface area contributed by atoms with E-state index in [0.29, 0.717) is 16.7 Å². The van der Waals surface area contributed by atoms with E-state index in [1.54, 1.807) is 48.5 Å². The summed E-state index contributed by atoms with van der Waals surface area (Å²) >= 11 is 7.07. The summed E-state index contributed by atoms with van der Waals surface area (Å²) in [5, 5.41) is 0. The summed E-state index contributed by atoms with van der Waals surface area (Å²) in [6.45, 7) is 0. The molecule has 4 rings (SSSR count). The highest BCUT2D eigenvalue weighted by Gasteiger charge is 2.59. The van der Waals surface area contributed by atoms with E-state index in [0.717, 1.165) is 5.56 Å². The second-order valence-electron chi connectivity index (χ2n) is 6.94. The Labute approximate surface area is 185 Å². The van der Waals surface area contributed by atoms with Gasteiger partial charge in [0.2, 0.25) is 0 Å². The molecule has 2 atom stereocenters. The van der Waals surface area contributed by atoms with Crippen LogP contribution in [0.25, 0.3) is 0 Å². The van der Waals surface area contributed by atoms with Crippen molar-refractivity contribution in [3.05, 3.63) is 107 Å². The van der Waals surface area contributed by atoms with E-state index in [1.807, 2.05) is 36.4 Å². The molecule has 0 saturated carbocycles. The Morgan fingerprint density at radius 1 is 0.724 bits per heavy atom. The van der Waals surface area contributed by atoms with Gasteiger partial charge in [-0.25, -0.2) is 0 Å². The normalized spacial score (nSPS) is 16.9. The van der Waals surface area contributed by atoms with Crippen LogP contribution in [0, 0.1) is 0 Å². The number of carbonyl (C=O) groups is 3. The molecule has 0 heterocycles. The third-order valence-corrected chi connectivity index (χ3v) is 7.42. The second-order valence-corrected chi connectivity index (χ2v) is 9.17. The number of hydrogen-bond donors (Lipinski definition) is 0. The van der Waals surface area contributed by atoms with E-state index in [9.17, 15) is 14.4 Å².